The van der Waals surface area contributed by atoms with Crippen molar-refractivity contribution in [3.63, 3.8) is 0 Å². The summed E-state index contributed by atoms with van der Waals surface area (Å²) in [6.07, 6.45) is 8.78. The van der Waals surface area contributed by atoms with E-state index in [4.69, 9.17) is 5.10 Å². The SMILES string of the molecule is Brc1ccccc1-n1nc(CCN2CCCCC2)c2c1NCCCC2. The molecule has 1 fully saturated rings. The average molecular weight is 403 g/mol. The van der Waals surface area contributed by atoms with Crippen molar-refractivity contribution >= 4 is 21.7 Å². The van der Waals surface area contributed by atoms with Crippen LogP contribution in [0, 0.1) is 0 Å². The molecule has 3 heterocycles. The second-order valence-electron chi connectivity index (χ2n) is 7.17. The van der Waals surface area contributed by atoms with Crippen molar-refractivity contribution in [2.45, 2.75) is 44.9 Å². The lowest BCUT2D eigenvalue weighted by atomic mass is 10.1. The third kappa shape index (κ3) is 3.77. The first-order valence-corrected chi connectivity index (χ1v) is 10.4. The molecule has 1 N–H and O–H groups in total. The molecule has 0 unspecified atom stereocenters. The van der Waals surface area contributed by atoms with E-state index in [9.17, 15) is 0 Å². The van der Waals surface area contributed by atoms with Crippen LogP contribution in [0.4, 0.5) is 5.82 Å². The lowest BCUT2D eigenvalue weighted by Gasteiger charge is -2.26. The molecule has 0 radical (unpaired) electrons. The number of halogens is 1. The smallest absolute Gasteiger partial charge is 0.133 e. The van der Waals surface area contributed by atoms with E-state index in [1.165, 1.54) is 62.3 Å². The van der Waals surface area contributed by atoms with E-state index in [-0.39, 0.29) is 0 Å². The molecule has 2 aliphatic heterocycles. The van der Waals surface area contributed by atoms with Crippen LogP contribution in [-0.4, -0.2) is 40.9 Å². The molecule has 0 bridgehead atoms. The van der Waals surface area contributed by atoms with Gasteiger partial charge in [-0.05, 0) is 73.3 Å². The highest BCUT2D eigenvalue weighted by atomic mass is 79.9. The van der Waals surface area contributed by atoms with E-state index in [2.05, 4.69) is 55.1 Å². The molecule has 25 heavy (non-hydrogen) atoms. The van der Waals surface area contributed by atoms with Crippen LogP contribution >= 0.6 is 15.9 Å². The highest BCUT2D eigenvalue weighted by Crippen LogP contribution is 2.31. The zero-order chi connectivity index (χ0) is 17.1. The number of likely N-dealkylation sites (tertiary alicyclic amines) is 1. The van der Waals surface area contributed by atoms with Gasteiger partial charge in [-0.15, -0.1) is 0 Å². The van der Waals surface area contributed by atoms with Gasteiger partial charge in [0.05, 0.1) is 11.4 Å². The molecular formula is C20H27BrN4. The van der Waals surface area contributed by atoms with E-state index in [0.29, 0.717) is 0 Å². The molecule has 0 saturated carbocycles. The first-order valence-electron chi connectivity index (χ1n) is 9.65. The second kappa shape index (κ2) is 7.92. The Morgan fingerprint density at radius 1 is 1.04 bits per heavy atom. The number of anilines is 1. The first-order chi connectivity index (χ1) is 12.3. The Kier molecular flexibility index (Phi) is 5.42. The van der Waals surface area contributed by atoms with Crippen molar-refractivity contribution < 1.29 is 0 Å². The third-order valence-electron chi connectivity index (χ3n) is 5.41. The predicted molar refractivity (Wildman–Crippen MR) is 107 cm³/mol. The fraction of sp³-hybridized carbons (Fsp3) is 0.550. The Morgan fingerprint density at radius 2 is 1.88 bits per heavy atom. The Balaban J connectivity index is 1.63. The molecule has 1 saturated heterocycles. The molecule has 4 nitrogen and oxygen atoms in total. The van der Waals surface area contributed by atoms with Gasteiger partial charge < -0.3 is 10.2 Å². The highest BCUT2D eigenvalue weighted by molar-refractivity contribution is 9.10. The van der Waals surface area contributed by atoms with Crippen LogP contribution in [0.2, 0.25) is 0 Å². The summed E-state index contributed by atoms with van der Waals surface area (Å²) in [6.45, 7) is 4.69. The lowest BCUT2D eigenvalue weighted by Crippen LogP contribution is -2.31. The number of piperidine rings is 1. The van der Waals surface area contributed by atoms with Gasteiger partial charge in [-0.3, -0.25) is 0 Å². The molecule has 1 aromatic heterocycles. The van der Waals surface area contributed by atoms with Gasteiger partial charge in [0, 0.05) is 29.5 Å². The third-order valence-corrected chi connectivity index (χ3v) is 6.08. The van der Waals surface area contributed by atoms with Crippen LogP contribution in [0.5, 0.6) is 0 Å². The Labute approximate surface area is 158 Å². The number of aromatic nitrogens is 2. The molecule has 134 valence electrons. The van der Waals surface area contributed by atoms with Crippen molar-refractivity contribution in [2.75, 3.05) is 31.5 Å². The number of hydrogen-bond acceptors (Lipinski definition) is 3. The lowest BCUT2D eigenvalue weighted by molar-refractivity contribution is 0.230. The van der Waals surface area contributed by atoms with Gasteiger partial charge in [0.25, 0.3) is 0 Å². The largest absolute Gasteiger partial charge is 0.370 e. The van der Waals surface area contributed by atoms with Crippen LogP contribution < -0.4 is 5.32 Å². The van der Waals surface area contributed by atoms with Gasteiger partial charge in [-0.25, -0.2) is 4.68 Å². The maximum atomic E-state index is 5.05. The van der Waals surface area contributed by atoms with Gasteiger partial charge >= 0.3 is 0 Å². The molecule has 4 rings (SSSR count). The number of rotatable bonds is 4. The van der Waals surface area contributed by atoms with E-state index >= 15 is 0 Å². The summed E-state index contributed by atoms with van der Waals surface area (Å²) in [6, 6.07) is 8.37. The molecular weight excluding hydrogens is 376 g/mol. The minimum atomic E-state index is 1.04. The summed E-state index contributed by atoms with van der Waals surface area (Å²) in [7, 11) is 0. The van der Waals surface area contributed by atoms with E-state index in [1.54, 1.807) is 0 Å². The van der Waals surface area contributed by atoms with Gasteiger partial charge in [0.2, 0.25) is 0 Å². The predicted octanol–water partition coefficient (Wildman–Crippen LogP) is 4.41. The summed E-state index contributed by atoms with van der Waals surface area (Å²) in [5.74, 6) is 1.21. The zero-order valence-electron chi connectivity index (χ0n) is 14.8. The van der Waals surface area contributed by atoms with E-state index < -0.39 is 0 Å². The van der Waals surface area contributed by atoms with E-state index in [1.807, 2.05) is 0 Å². The maximum absolute atomic E-state index is 5.05. The Bertz CT molecular complexity index is 718. The molecule has 1 aromatic carbocycles. The quantitative estimate of drug-likeness (QED) is 0.821. The average Bonchev–Trinajstić information content (AvgIpc) is 2.81. The minimum Gasteiger partial charge on any atom is -0.370 e. The summed E-state index contributed by atoms with van der Waals surface area (Å²) in [4.78, 5) is 2.61. The number of hydrogen-bond donors (Lipinski definition) is 1. The van der Waals surface area contributed by atoms with Gasteiger partial charge in [-0.2, -0.15) is 5.10 Å². The summed E-state index contributed by atoms with van der Waals surface area (Å²) < 4.78 is 3.21. The Morgan fingerprint density at radius 3 is 2.72 bits per heavy atom. The minimum absolute atomic E-state index is 1.04. The number of benzene rings is 1. The molecule has 0 amide bonds. The van der Waals surface area contributed by atoms with Crippen molar-refractivity contribution in [1.29, 1.82) is 0 Å². The summed E-state index contributed by atoms with van der Waals surface area (Å²) >= 11 is 3.69. The van der Waals surface area contributed by atoms with Gasteiger partial charge in [0.1, 0.15) is 5.82 Å². The van der Waals surface area contributed by atoms with Crippen LogP contribution in [0.15, 0.2) is 28.7 Å². The molecule has 0 aliphatic carbocycles. The zero-order valence-corrected chi connectivity index (χ0v) is 16.4. The highest BCUT2D eigenvalue weighted by Gasteiger charge is 2.22. The summed E-state index contributed by atoms with van der Waals surface area (Å²) in [5, 5.41) is 8.69. The van der Waals surface area contributed by atoms with E-state index in [0.717, 1.165) is 36.1 Å². The second-order valence-corrected chi connectivity index (χ2v) is 8.03. The van der Waals surface area contributed by atoms with Crippen LogP contribution in [0.3, 0.4) is 0 Å². The summed E-state index contributed by atoms with van der Waals surface area (Å²) in [5.41, 5.74) is 3.84. The maximum Gasteiger partial charge on any atom is 0.133 e. The topological polar surface area (TPSA) is 33.1 Å². The number of fused-ring (bicyclic) bond motifs is 1. The normalized spacial score (nSPS) is 18.4. The van der Waals surface area contributed by atoms with Crippen LogP contribution in [0.1, 0.15) is 43.4 Å². The van der Waals surface area contributed by atoms with Crippen molar-refractivity contribution in [3.8, 4) is 5.69 Å². The molecule has 2 aliphatic rings. The van der Waals surface area contributed by atoms with Crippen LogP contribution in [-0.2, 0) is 12.8 Å². The molecule has 0 atom stereocenters. The fourth-order valence-corrected chi connectivity index (χ4v) is 4.47. The number of nitrogens with one attached hydrogen (secondary N) is 1. The van der Waals surface area contributed by atoms with Crippen molar-refractivity contribution in [1.82, 2.24) is 14.7 Å². The van der Waals surface area contributed by atoms with Crippen LogP contribution in [0.25, 0.3) is 5.69 Å². The van der Waals surface area contributed by atoms with Crippen molar-refractivity contribution in [3.05, 3.63) is 40.0 Å². The standard InChI is InChI=1S/C20H27BrN4/c21-17-9-2-3-10-19(17)25-20-16(8-4-5-12-22-20)18(23-25)11-15-24-13-6-1-7-14-24/h2-3,9-10,22H,1,4-8,11-15H2. The Hall–Kier alpha value is -1.33. The monoisotopic (exact) mass is 402 g/mol. The van der Waals surface area contributed by atoms with Gasteiger partial charge in [0.15, 0.2) is 0 Å². The molecule has 2 aromatic rings. The molecule has 0 spiro atoms. The number of nitrogens with zero attached hydrogens (tertiary/aromatic N) is 3. The molecule has 5 heteroatoms. The number of para-hydroxylation sites is 1. The first kappa shape index (κ1) is 17.1. The van der Waals surface area contributed by atoms with Gasteiger partial charge in [-0.1, -0.05) is 18.6 Å². The van der Waals surface area contributed by atoms with Crippen molar-refractivity contribution in [2.24, 2.45) is 0 Å². The fourth-order valence-electron chi connectivity index (χ4n) is 4.02.